The molecule has 2 rings (SSSR count). The monoisotopic (exact) mass is 1360 g/mol. The van der Waals surface area contributed by atoms with Crippen LogP contribution in [0.3, 0.4) is 0 Å². The van der Waals surface area contributed by atoms with Gasteiger partial charge in [-0.3, -0.25) is 4.79 Å². The van der Waals surface area contributed by atoms with E-state index in [1.54, 1.807) is 6.08 Å². The normalized spacial score (nSPS) is 23.0. The van der Waals surface area contributed by atoms with Gasteiger partial charge in [-0.05, 0) is 116 Å². The Morgan fingerprint density at radius 2 is 0.722 bits per heavy atom. The number of rotatable bonds is 62. The van der Waals surface area contributed by atoms with Crippen LogP contribution in [-0.2, 0) is 23.7 Å². The Kier molecular flexibility index (Phi) is 59.8. The summed E-state index contributed by atoms with van der Waals surface area (Å²) in [6, 6.07) is -0.957. The van der Waals surface area contributed by atoms with Gasteiger partial charge in [-0.1, -0.05) is 301 Å². The Balaban J connectivity index is 1.69. The molecule has 2 aliphatic heterocycles. The summed E-state index contributed by atoms with van der Waals surface area (Å²) in [5.41, 5.74) is 0. The smallest absolute Gasteiger partial charge is 0.220 e. The van der Waals surface area contributed by atoms with E-state index in [0.717, 1.165) is 128 Å². The Morgan fingerprint density at radius 3 is 1.13 bits per heavy atom. The van der Waals surface area contributed by atoms with Crippen molar-refractivity contribution < 1.29 is 64.6 Å². The highest BCUT2D eigenvalue weighted by molar-refractivity contribution is 5.76. The van der Waals surface area contributed by atoms with Gasteiger partial charge in [-0.25, -0.2) is 0 Å². The first-order valence-corrected chi connectivity index (χ1v) is 38.6. The van der Waals surface area contributed by atoms with E-state index in [-0.39, 0.29) is 18.9 Å². The van der Waals surface area contributed by atoms with Crippen molar-refractivity contribution in [1.82, 2.24) is 5.32 Å². The lowest BCUT2D eigenvalue weighted by molar-refractivity contribution is -0.359. The molecule has 2 aliphatic rings. The van der Waals surface area contributed by atoms with E-state index < -0.39 is 86.8 Å². The van der Waals surface area contributed by atoms with Crippen LogP contribution in [0.2, 0.25) is 0 Å². The summed E-state index contributed by atoms with van der Waals surface area (Å²) >= 11 is 0. The fourth-order valence-corrected chi connectivity index (χ4v) is 11.7. The number of carbonyl (C=O) groups is 1. The first-order chi connectivity index (χ1) is 47.6. The number of aliphatic hydroxyl groups is 8. The highest BCUT2D eigenvalue weighted by Crippen LogP contribution is 2.30. The Bertz CT molecular complexity index is 2190. The summed E-state index contributed by atoms with van der Waals surface area (Å²) in [6.07, 6.45) is 81.9. The fourth-order valence-electron chi connectivity index (χ4n) is 11.7. The van der Waals surface area contributed by atoms with Crippen molar-refractivity contribution in [1.29, 1.82) is 0 Å². The Hall–Kier alpha value is -4.13. The second kappa shape index (κ2) is 65.2. The SMILES string of the molecule is CC/C=C\C/C=C\C/C=C\C/C=C\C/C=C\C/C=C\C/C=C\C/C=C\C/C=C\CCCCCCCCCC(=O)NC(COC1OC(CO)C(OC2OC(CO)C(O)C(O)C2O)C(O)C1O)C(O)/C=C/CC/C=C/CC/C=C/CCCCCCCCCCCCCCCCCCCC. The number of ether oxygens (including phenoxy) is 4. The molecule has 1 amide bonds. The molecule has 9 N–H and O–H groups in total. The number of aliphatic hydroxyl groups excluding tert-OH is 8. The van der Waals surface area contributed by atoms with Gasteiger partial charge in [-0.2, -0.15) is 0 Å². The molecule has 2 fully saturated rings. The van der Waals surface area contributed by atoms with Crippen LogP contribution in [-0.4, -0.2) is 140 Å². The third kappa shape index (κ3) is 48.4. The van der Waals surface area contributed by atoms with Gasteiger partial charge >= 0.3 is 0 Å². The minimum absolute atomic E-state index is 0.247. The largest absolute Gasteiger partial charge is 0.394 e. The number of amides is 1. The molecule has 12 atom stereocenters. The Morgan fingerprint density at radius 1 is 0.381 bits per heavy atom. The minimum atomic E-state index is -1.80. The molecule has 554 valence electrons. The molecule has 2 saturated heterocycles. The van der Waals surface area contributed by atoms with E-state index in [4.69, 9.17) is 18.9 Å². The van der Waals surface area contributed by atoms with Gasteiger partial charge in [-0.15, -0.1) is 0 Å². The quantitative estimate of drug-likeness (QED) is 0.0204. The topological polar surface area (TPSA) is 228 Å². The van der Waals surface area contributed by atoms with Crippen molar-refractivity contribution in [2.75, 3.05) is 19.8 Å². The third-order valence-electron chi connectivity index (χ3n) is 17.7. The maximum atomic E-state index is 13.4. The summed E-state index contributed by atoms with van der Waals surface area (Å²) in [5.74, 6) is -0.269. The van der Waals surface area contributed by atoms with Crippen molar-refractivity contribution in [2.45, 2.75) is 351 Å². The number of hydrogen-bond acceptors (Lipinski definition) is 13. The maximum absolute atomic E-state index is 13.4. The third-order valence-corrected chi connectivity index (χ3v) is 17.7. The van der Waals surface area contributed by atoms with E-state index in [1.165, 1.54) is 116 Å². The molecule has 0 saturated carbocycles. The predicted molar refractivity (Wildman–Crippen MR) is 401 cm³/mol. The number of hydrogen-bond donors (Lipinski definition) is 9. The lowest BCUT2D eigenvalue weighted by atomic mass is 9.97. The van der Waals surface area contributed by atoms with Crippen LogP contribution in [0.4, 0.5) is 0 Å². The minimum Gasteiger partial charge on any atom is -0.394 e. The highest BCUT2D eigenvalue weighted by atomic mass is 16.7. The Labute approximate surface area is 589 Å². The van der Waals surface area contributed by atoms with Crippen LogP contribution in [0.5, 0.6) is 0 Å². The van der Waals surface area contributed by atoms with Gasteiger partial charge in [0.15, 0.2) is 12.6 Å². The molecule has 97 heavy (non-hydrogen) atoms. The van der Waals surface area contributed by atoms with Gasteiger partial charge < -0.3 is 65.1 Å². The molecular weight excluding hydrogens is 1220 g/mol. The second-order valence-corrected chi connectivity index (χ2v) is 26.4. The zero-order valence-corrected chi connectivity index (χ0v) is 60.5. The fraction of sp³-hybridized carbons (Fsp3) is 0.699. The standard InChI is InChI=1S/C83H139NO13/c1-3-5-7-9-11-13-15-17-19-21-23-25-27-29-31-33-34-35-36-37-38-39-41-43-45-47-49-51-53-55-57-59-61-63-65-67-75(88)84-71(70-94-82-80(93)78(91)81(74(69-86)96-82)97-83-79(92)77(90)76(89)73(68-85)95-83)72(87)66-64-62-60-58-56-54-52-50-48-46-44-42-40-32-30-28-26-24-22-20-18-16-14-12-10-8-6-4-2/h5,7,11,13,17,19,23,25,29,31,34-35,37-38,41,43,47-50,56,58,64,66,71-74,76-83,85-87,89-93H,3-4,6,8-10,12,14-16,18,20-22,24,26-28,30,32-33,36,39-40,42,44-46,51-55,57,59-63,65,67-70H2,1-2H3,(H,84,88)/b7-5-,13-11-,19-17-,25-23-,31-29-,35-34-,38-37-,43-41-,49-47-,50-48+,58-56+,66-64+. The van der Waals surface area contributed by atoms with Crippen molar-refractivity contribution in [3.63, 3.8) is 0 Å². The van der Waals surface area contributed by atoms with E-state index in [9.17, 15) is 45.6 Å². The van der Waals surface area contributed by atoms with Crippen LogP contribution in [0.25, 0.3) is 0 Å². The van der Waals surface area contributed by atoms with Gasteiger partial charge in [0, 0.05) is 6.42 Å². The molecule has 0 aromatic heterocycles. The summed E-state index contributed by atoms with van der Waals surface area (Å²) in [7, 11) is 0. The van der Waals surface area contributed by atoms with Crippen molar-refractivity contribution in [3.8, 4) is 0 Å². The van der Waals surface area contributed by atoms with E-state index in [2.05, 4.69) is 153 Å². The molecular formula is C83H139NO13. The van der Waals surface area contributed by atoms with E-state index >= 15 is 0 Å². The predicted octanol–water partition coefficient (Wildman–Crippen LogP) is 17.2. The summed E-state index contributed by atoms with van der Waals surface area (Å²) in [6.45, 7) is 2.67. The highest BCUT2D eigenvalue weighted by Gasteiger charge is 2.51. The van der Waals surface area contributed by atoms with Gasteiger partial charge in [0.1, 0.15) is 48.8 Å². The second-order valence-electron chi connectivity index (χ2n) is 26.4. The van der Waals surface area contributed by atoms with Crippen LogP contribution in [0.15, 0.2) is 146 Å². The average molecular weight is 1360 g/mol. The van der Waals surface area contributed by atoms with Gasteiger partial charge in [0.25, 0.3) is 0 Å². The lowest BCUT2D eigenvalue weighted by Crippen LogP contribution is -2.65. The molecule has 0 radical (unpaired) electrons. The van der Waals surface area contributed by atoms with Crippen LogP contribution in [0.1, 0.15) is 277 Å². The summed E-state index contributed by atoms with van der Waals surface area (Å²) < 4.78 is 22.9. The molecule has 0 spiro atoms. The van der Waals surface area contributed by atoms with E-state index in [1.807, 2.05) is 6.08 Å². The number of allylic oxidation sites excluding steroid dienone is 23. The lowest BCUT2D eigenvalue weighted by Gasteiger charge is -2.46. The number of nitrogens with one attached hydrogen (secondary N) is 1. The molecule has 0 aromatic rings. The molecule has 14 nitrogen and oxygen atoms in total. The molecule has 2 heterocycles. The molecule has 14 heteroatoms. The van der Waals surface area contributed by atoms with Gasteiger partial charge in [0.2, 0.25) is 5.91 Å². The van der Waals surface area contributed by atoms with Crippen LogP contribution < -0.4 is 5.32 Å². The number of carbonyl (C=O) groups excluding carboxylic acids is 1. The van der Waals surface area contributed by atoms with Crippen molar-refractivity contribution in [2.24, 2.45) is 0 Å². The first kappa shape index (κ1) is 89.0. The zero-order valence-electron chi connectivity index (χ0n) is 60.5. The average Bonchev–Trinajstić information content (AvgIpc) is 0.793. The van der Waals surface area contributed by atoms with Crippen molar-refractivity contribution >= 4 is 5.91 Å². The molecule has 0 aliphatic carbocycles. The maximum Gasteiger partial charge on any atom is 0.220 e. The molecule has 0 bridgehead atoms. The summed E-state index contributed by atoms with van der Waals surface area (Å²) in [5, 5.41) is 87.6. The molecule has 12 unspecified atom stereocenters. The summed E-state index contributed by atoms with van der Waals surface area (Å²) in [4.78, 5) is 13.4. The van der Waals surface area contributed by atoms with Crippen molar-refractivity contribution in [3.05, 3.63) is 146 Å². The first-order valence-electron chi connectivity index (χ1n) is 38.6. The molecule has 0 aromatic carbocycles. The van der Waals surface area contributed by atoms with E-state index in [0.29, 0.717) is 12.8 Å². The van der Waals surface area contributed by atoms with Crippen LogP contribution in [0, 0.1) is 0 Å². The zero-order chi connectivity index (χ0) is 70.1. The van der Waals surface area contributed by atoms with Gasteiger partial charge in [0.05, 0.1) is 32.0 Å². The number of unbranched alkanes of at least 4 members (excludes halogenated alkanes) is 27. The van der Waals surface area contributed by atoms with Crippen LogP contribution >= 0.6 is 0 Å².